The van der Waals surface area contributed by atoms with Gasteiger partial charge >= 0.3 is 0 Å². The predicted octanol–water partition coefficient (Wildman–Crippen LogP) is 1.40. The number of nitrogens with two attached hydrogens (primary N) is 1. The summed E-state index contributed by atoms with van der Waals surface area (Å²) in [6.45, 7) is 5.05. The van der Waals surface area contributed by atoms with Crippen molar-refractivity contribution in [3.05, 3.63) is 35.6 Å². The third kappa shape index (κ3) is 4.91. The molecule has 0 bridgehead atoms. The Kier molecular flexibility index (Phi) is 6.97. The summed E-state index contributed by atoms with van der Waals surface area (Å²) < 4.78 is 13.2. The van der Waals surface area contributed by atoms with Crippen molar-refractivity contribution in [3.63, 3.8) is 0 Å². The van der Waals surface area contributed by atoms with Gasteiger partial charge < -0.3 is 15.5 Å². The fraction of sp³-hybridized carbons (Fsp3) is 0.500. The van der Waals surface area contributed by atoms with Gasteiger partial charge in [-0.3, -0.25) is 9.59 Å². The summed E-state index contributed by atoms with van der Waals surface area (Å²) in [4.78, 5) is 27.5. The average Bonchev–Trinajstić information content (AvgIpc) is 2.47. The fourth-order valence-electron chi connectivity index (χ4n) is 2.42. The summed E-state index contributed by atoms with van der Waals surface area (Å²) in [5.41, 5.74) is 6.60. The van der Waals surface area contributed by atoms with Crippen molar-refractivity contribution in [1.29, 1.82) is 0 Å². The first-order valence-electron chi connectivity index (χ1n) is 7.45. The van der Waals surface area contributed by atoms with Crippen LogP contribution in [0.15, 0.2) is 24.3 Å². The van der Waals surface area contributed by atoms with Crippen LogP contribution in [0.1, 0.15) is 19.4 Å². The van der Waals surface area contributed by atoms with E-state index in [0.717, 1.165) is 5.56 Å². The van der Waals surface area contributed by atoms with E-state index in [2.05, 4.69) is 0 Å². The van der Waals surface area contributed by atoms with Gasteiger partial charge in [0.2, 0.25) is 11.8 Å². The first kappa shape index (κ1) is 19.4. The number of hydrogen-bond donors (Lipinski definition) is 1. The van der Waals surface area contributed by atoms with Crippen LogP contribution in [0.5, 0.6) is 0 Å². The second-order valence-corrected chi connectivity index (χ2v) is 5.97. The van der Waals surface area contributed by atoms with Crippen LogP contribution >= 0.6 is 12.4 Å². The first-order chi connectivity index (χ1) is 10.4. The van der Waals surface area contributed by atoms with Gasteiger partial charge in [-0.25, -0.2) is 4.39 Å². The van der Waals surface area contributed by atoms with Crippen LogP contribution in [0.2, 0.25) is 0 Å². The molecule has 0 radical (unpaired) electrons. The van der Waals surface area contributed by atoms with Gasteiger partial charge in [0.25, 0.3) is 0 Å². The van der Waals surface area contributed by atoms with Crippen molar-refractivity contribution < 1.29 is 14.0 Å². The Bertz CT molecular complexity index is 568. The van der Waals surface area contributed by atoms with Crippen molar-refractivity contribution in [1.82, 2.24) is 9.80 Å². The average molecular weight is 344 g/mol. The maximum Gasteiger partial charge on any atom is 0.242 e. The summed E-state index contributed by atoms with van der Waals surface area (Å²) in [7, 11) is 0. The van der Waals surface area contributed by atoms with Crippen LogP contribution in [-0.2, 0) is 16.1 Å². The monoisotopic (exact) mass is 343 g/mol. The third-order valence-electron chi connectivity index (χ3n) is 3.90. The molecule has 5 nitrogen and oxygen atoms in total. The Hall–Kier alpha value is -1.66. The molecular formula is C16H23ClFN3O2. The van der Waals surface area contributed by atoms with Gasteiger partial charge in [-0.2, -0.15) is 0 Å². The molecule has 1 fully saturated rings. The Labute approximate surface area is 142 Å². The summed E-state index contributed by atoms with van der Waals surface area (Å²) >= 11 is 0. The molecule has 2 rings (SSSR count). The van der Waals surface area contributed by atoms with Crippen molar-refractivity contribution in [3.8, 4) is 0 Å². The largest absolute Gasteiger partial charge is 0.335 e. The molecule has 7 heteroatoms. The second kappa shape index (κ2) is 8.26. The topological polar surface area (TPSA) is 66.6 Å². The van der Waals surface area contributed by atoms with E-state index in [1.165, 1.54) is 17.0 Å². The molecule has 0 saturated carbocycles. The molecule has 0 spiro atoms. The number of carbonyl (C=O) groups is 2. The first-order valence-corrected chi connectivity index (χ1v) is 7.45. The molecule has 0 aliphatic carbocycles. The summed E-state index contributed by atoms with van der Waals surface area (Å²) in [5.74, 6) is -0.608. The normalized spacial score (nSPS) is 16.3. The Morgan fingerprint density at radius 2 is 2.04 bits per heavy atom. The minimum absolute atomic E-state index is 0. The maximum atomic E-state index is 13.2. The molecule has 1 saturated heterocycles. The van der Waals surface area contributed by atoms with Crippen molar-refractivity contribution in [2.75, 3.05) is 19.6 Å². The van der Waals surface area contributed by atoms with Crippen molar-refractivity contribution in [2.24, 2.45) is 11.7 Å². The van der Waals surface area contributed by atoms with E-state index < -0.39 is 6.04 Å². The van der Waals surface area contributed by atoms with Gasteiger partial charge in [-0.1, -0.05) is 26.0 Å². The van der Waals surface area contributed by atoms with E-state index >= 15 is 0 Å². The number of hydrogen-bond acceptors (Lipinski definition) is 3. The van der Waals surface area contributed by atoms with E-state index in [4.69, 9.17) is 5.73 Å². The quantitative estimate of drug-likeness (QED) is 0.898. The summed E-state index contributed by atoms with van der Waals surface area (Å²) in [6, 6.07) is 5.61. The summed E-state index contributed by atoms with van der Waals surface area (Å²) in [5, 5.41) is 0. The zero-order chi connectivity index (χ0) is 16.3. The highest BCUT2D eigenvalue weighted by Crippen LogP contribution is 2.13. The lowest BCUT2D eigenvalue weighted by Crippen LogP contribution is -2.56. The van der Waals surface area contributed by atoms with Crippen LogP contribution in [0.25, 0.3) is 0 Å². The van der Waals surface area contributed by atoms with Crippen LogP contribution in [0.4, 0.5) is 4.39 Å². The maximum absolute atomic E-state index is 13.2. The van der Waals surface area contributed by atoms with Gasteiger partial charge in [-0.05, 0) is 23.6 Å². The Morgan fingerprint density at radius 1 is 1.35 bits per heavy atom. The van der Waals surface area contributed by atoms with E-state index in [0.29, 0.717) is 19.6 Å². The Morgan fingerprint density at radius 3 is 2.61 bits per heavy atom. The molecule has 1 aliphatic rings. The predicted molar refractivity (Wildman–Crippen MR) is 88.5 cm³/mol. The third-order valence-corrected chi connectivity index (χ3v) is 3.90. The second-order valence-electron chi connectivity index (χ2n) is 5.97. The lowest BCUT2D eigenvalue weighted by Gasteiger charge is -2.36. The number of amides is 2. The molecule has 1 heterocycles. The smallest absolute Gasteiger partial charge is 0.242 e. The number of halogens is 2. The highest BCUT2D eigenvalue weighted by atomic mass is 35.5. The van der Waals surface area contributed by atoms with E-state index in [1.54, 1.807) is 17.0 Å². The Balaban J connectivity index is 0.00000264. The van der Waals surface area contributed by atoms with Gasteiger partial charge in [-0.15, -0.1) is 12.4 Å². The molecule has 23 heavy (non-hydrogen) atoms. The lowest BCUT2D eigenvalue weighted by molar-refractivity contribution is -0.146. The van der Waals surface area contributed by atoms with E-state index in [1.807, 2.05) is 13.8 Å². The van der Waals surface area contributed by atoms with Gasteiger partial charge in [0, 0.05) is 19.6 Å². The standard InChI is InChI=1S/C16H22FN3O2.ClH/c1-11(2)15(18)16(22)20-7-6-19(14(21)10-20)9-12-4-3-5-13(17)8-12;/h3-5,8,11,15H,6-7,9-10,18H2,1-2H3;1H/t15-;/m0./s1. The molecule has 0 unspecified atom stereocenters. The molecular weight excluding hydrogens is 321 g/mol. The van der Waals surface area contributed by atoms with Crippen LogP contribution in [-0.4, -0.2) is 47.3 Å². The van der Waals surface area contributed by atoms with Crippen molar-refractivity contribution in [2.45, 2.75) is 26.4 Å². The van der Waals surface area contributed by atoms with Crippen LogP contribution in [0.3, 0.4) is 0 Å². The molecule has 1 atom stereocenters. The minimum Gasteiger partial charge on any atom is -0.335 e. The number of benzene rings is 1. The van der Waals surface area contributed by atoms with Crippen molar-refractivity contribution >= 4 is 24.2 Å². The van der Waals surface area contributed by atoms with E-state index in [9.17, 15) is 14.0 Å². The van der Waals surface area contributed by atoms with Gasteiger partial charge in [0.15, 0.2) is 0 Å². The molecule has 1 aromatic rings. The SMILES string of the molecule is CC(C)[C@H](N)C(=O)N1CCN(Cc2cccc(F)c2)C(=O)C1.Cl. The molecule has 128 valence electrons. The highest BCUT2D eigenvalue weighted by Gasteiger charge is 2.30. The molecule has 1 aromatic carbocycles. The van der Waals surface area contributed by atoms with Crippen LogP contribution < -0.4 is 5.73 Å². The number of piperazine rings is 1. The number of carbonyl (C=O) groups excluding carboxylic acids is 2. The molecule has 0 aromatic heterocycles. The summed E-state index contributed by atoms with van der Waals surface area (Å²) in [6.07, 6.45) is 0. The zero-order valence-electron chi connectivity index (χ0n) is 13.4. The van der Waals surface area contributed by atoms with Gasteiger partial charge in [0.05, 0.1) is 12.6 Å². The molecule has 2 N–H and O–H groups in total. The molecule has 2 amide bonds. The highest BCUT2D eigenvalue weighted by molar-refractivity contribution is 5.88. The lowest BCUT2D eigenvalue weighted by atomic mass is 10.0. The van der Waals surface area contributed by atoms with Gasteiger partial charge in [0.1, 0.15) is 5.82 Å². The van der Waals surface area contributed by atoms with E-state index in [-0.39, 0.29) is 42.5 Å². The number of nitrogens with zero attached hydrogens (tertiary/aromatic N) is 2. The zero-order valence-corrected chi connectivity index (χ0v) is 14.2. The minimum atomic E-state index is -0.581. The fourth-order valence-corrected chi connectivity index (χ4v) is 2.42. The van der Waals surface area contributed by atoms with Crippen LogP contribution in [0, 0.1) is 11.7 Å². The number of rotatable bonds is 4. The molecule has 1 aliphatic heterocycles.